The molecule has 1 fully saturated rings. The third-order valence-electron chi connectivity index (χ3n) is 5.32. The highest BCUT2D eigenvalue weighted by atomic mass is 16.5. The summed E-state index contributed by atoms with van der Waals surface area (Å²) >= 11 is 0. The van der Waals surface area contributed by atoms with E-state index >= 15 is 0 Å². The minimum atomic E-state index is 0.207. The van der Waals surface area contributed by atoms with Crippen LogP contribution in [0.5, 0.6) is 5.75 Å². The van der Waals surface area contributed by atoms with E-state index in [9.17, 15) is 5.11 Å². The van der Waals surface area contributed by atoms with Crippen LogP contribution >= 0.6 is 0 Å². The van der Waals surface area contributed by atoms with Gasteiger partial charge in [0, 0.05) is 56.5 Å². The van der Waals surface area contributed by atoms with Gasteiger partial charge in [-0.05, 0) is 37.1 Å². The summed E-state index contributed by atoms with van der Waals surface area (Å²) in [5.41, 5.74) is 3.40. The molecule has 2 aromatic carbocycles. The van der Waals surface area contributed by atoms with E-state index in [4.69, 9.17) is 11.2 Å². The van der Waals surface area contributed by atoms with Crippen molar-refractivity contribution in [1.29, 1.82) is 0 Å². The number of hydrogen-bond donors (Lipinski definition) is 1. The number of para-hydroxylation sites is 1. The fourth-order valence-electron chi connectivity index (χ4n) is 3.85. The van der Waals surface area contributed by atoms with Gasteiger partial charge in [-0.1, -0.05) is 36.3 Å². The highest BCUT2D eigenvalue weighted by molar-refractivity contribution is 5.34. The molecule has 1 aliphatic rings. The van der Waals surface area contributed by atoms with Gasteiger partial charge in [0.1, 0.15) is 5.75 Å². The summed E-state index contributed by atoms with van der Waals surface area (Å²) in [6, 6.07) is 16.8. The maximum absolute atomic E-state index is 9.59. The van der Waals surface area contributed by atoms with Gasteiger partial charge >= 0.3 is 0 Å². The van der Waals surface area contributed by atoms with E-state index in [-0.39, 0.29) is 6.61 Å². The molecule has 0 amide bonds. The van der Waals surface area contributed by atoms with Crippen LogP contribution in [-0.2, 0) is 13.1 Å². The molecule has 1 saturated heterocycles. The minimum absolute atomic E-state index is 0.207. The molecule has 0 saturated carbocycles. The first-order valence-corrected chi connectivity index (χ1v) is 10.1. The molecule has 1 heterocycles. The minimum Gasteiger partial charge on any atom is -0.494 e. The third kappa shape index (κ3) is 5.36. The summed E-state index contributed by atoms with van der Waals surface area (Å²) in [4.78, 5) is 4.95. The smallest absolute Gasteiger partial charge is 0.123 e. The quantitative estimate of drug-likeness (QED) is 0.716. The third-order valence-corrected chi connectivity index (χ3v) is 5.32. The van der Waals surface area contributed by atoms with Gasteiger partial charge in [-0.3, -0.25) is 9.80 Å². The van der Waals surface area contributed by atoms with E-state index in [1.807, 2.05) is 31.2 Å². The summed E-state index contributed by atoms with van der Waals surface area (Å²) in [5.74, 6) is 3.63. The van der Waals surface area contributed by atoms with Crippen molar-refractivity contribution in [3.05, 3.63) is 65.2 Å². The Morgan fingerprint density at radius 2 is 1.89 bits per heavy atom. The van der Waals surface area contributed by atoms with E-state index in [1.165, 1.54) is 11.1 Å². The van der Waals surface area contributed by atoms with E-state index in [0.717, 1.165) is 50.5 Å². The lowest BCUT2D eigenvalue weighted by Gasteiger charge is -2.41. The van der Waals surface area contributed by atoms with Crippen LogP contribution in [0.25, 0.3) is 0 Å². The van der Waals surface area contributed by atoms with Crippen molar-refractivity contribution in [3.63, 3.8) is 0 Å². The molecule has 2 aromatic rings. The number of ether oxygens (including phenoxy) is 1. The van der Waals surface area contributed by atoms with Crippen LogP contribution in [0.2, 0.25) is 0 Å². The largest absolute Gasteiger partial charge is 0.494 e. The average molecular weight is 379 g/mol. The maximum Gasteiger partial charge on any atom is 0.123 e. The Morgan fingerprint density at radius 1 is 1.11 bits per heavy atom. The van der Waals surface area contributed by atoms with Gasteiger partial charge in [-0.25, -0.2) is 0 Å². The summed E-state index contributed by atoms with van der Waals surface area (Å²) < 4.78 is 5.79. The maximum atomic E-state index is 9.59. The molecule has 3 rings (SSSR count). The zero-order valence-corrected chi connectivity index (χ0v) is 16.7. The molecule has 0 radical (unpaired) electrons. The predicted octanol–water partition coefficient (Wildman–Crippen LogP) is 3.14. The molecule has 0 spiro atoms. The Hall–Kier alpha value is -2.32. The molecule has 1 N–H and O–H groups in total. The first kappa shape index (κ1) is 20.4. The molecule has 28 heavy (non-hydrogen) atoms. The SMILES string of the molecule is C#Cc1ccc(CN2CCN(Cc3ccccc3OCC)[C@H](CCO)C2)cc1. The van der Waals surface area contributed by atoms with Gasteiger partial charge in [0.15, 0.2) is 0 Å². The Morgan fingerprint density at radius 3 is 2.61 bits per heavy atom. The second-order valence-electron chi connectivity index (χ2n) is 7.25. The fourth-order valence-corrected chi connectivity index (χ4v) is 3.85. The Balaban J connectivity index is 1.64. The van der Waals surface area contributed by atoms with Crippen molar-refractivity contribution in [3.8, 4) is 18.1 Å². The van der Waals surface area contributed by atoms with Gasteiger partial charge in [-0.15, -0.1) is 6.42 Å². The number of nitrogens with zero attached hydrogens (tertiary/aromatic N) is 2. The van der Waals surface area contributed by atoms with Crippen molar-refractivity contribution in [2.45, 2.75) is 32.5 Å². The van der Waals surface area contributed by atoms with Gasteiger partial charge in [0.05, 0.1) is 6.61 Å². The number of hydrogen-bond acceptors (Lipinski definition) is 4. The summed E-state index contributed by atoms with van der Waals surface area (Å²) in [7, 11) is 0. The zero-order valence-electron chi connectivity index (χ0n) is 16.7. The molecule has 4 nitrogen and oxygen atoms in total. The molecule has 148 valence electrons. The van der Waals surface area contributed by atoms with Crippen LogP contribution < -0.4 is 4.74 Å². The number of aliphatic hydroxyl groups is 1. The number of rotatable bonds is 8. The van der Waals surface area contributed by atoms with Crippen LogP contribution in [0, 0.1) is 12.3 Å². The van der Waals surface area contributed by atoms with Crippen molar-refractivity contribution in [2.24, 2.45) is 0 Å². The molecular formula is C24H30N2O2. The van der Waals surface area contributed by atoms with E-state index in [2.05, 4.69) is 40.0 Å². The Kier molecular flexibility index (Phi) is 7.50. The van der Waals surface area contributed by atoms with E-state index < -0.39 is 0 Å². The second kappa shape index (κ2) is 10.3. The van der Waals surface area contributed by atoms with Gasteiger partial charge in [0.25, 0.3) is 0 Å². The summed E-state index contributed by atoms with van der Waals surface area (Å²) in [6.45, 7) is 7.60. The van der Waals surface area contributed by atoms with Crippen molar-refractivity contribution in [1.82, 2.24) is 9.80 Å². The molecule has 0 unspecified atom stereocenters. The first-order valence-electron chi connectivity index (χ1n) is 10.1. The molecular weight excluding hydrogens is 348 g/mol. The highest BCUT2D eigenvalue weighted by Crippen LogP contribution is 2.24. The fraction of sp³-hybridized carbons (Fsp3) is 0.417. The average Bonchev–Trinajstić information content (AvgIpc) is 2.72. The topological polar surface area (TPSA) is 35.9 Å². The molecule has 0 aromatic heterocycles. The van der Waals surface area contributed by atoms with Crippen LogP contribution in [0.3, 0.4) is 0 Å². The van der Waals surface area contributed by atoms with E-state index in [1.54, 1.807) is 0 Å². The monoisotopic (exact) mass is 378 g/mol. The molecule has 0 aliphatic carbocycles. The Labute approximate surface area is 168 Å². The number of piperazine rings is 1. The molecule has 0 bridgehead atoms. The Bertz CT molecular complexity index is 782. The standard InChI is InChI=1S/C24H30N2O2/c1-3-20-9-11-21(12-10-20)17-25-14-15-26(23(19-25)13-16-27)18-22-7-5-6-8-24(22)28-4-2/h1,5-12,23,27H,4,13-19H2,2H3/t23-/m1/s1. The van der Waals surface area contributed by atoms with Gasteiger partial charge < -0.3 is 9.84 Å². The van der Waals surface area contributed by atoms with Crippen LogP contribution in [-0.4, -0.2) is 53.8 Å². The first-order chi connectivity index (χ1) is 13.7. The van der Waals surface area contributed by atoms with Crippen LogP contribution in [0.15, 0.2) is 48.5 Å². The lowest BCUT2D eigenvalue weighted by atomic mass is 10.1. The summed E-state index contributed by atoms with van der Waals surface area (Å²) in [5, 5.41) is 9.59. The normalized spacial score (nSPS) is 18.0. The lowest BCUT2D eigenvalue weighted by Crippen LogP contribution is -2.52. The molecule has 4 heteroatoms. The van der Waals surface area contributed by atoms with Crippen LogP contribution in [0.1, 0.15) is 30.0 Å². The van der Waals surface area contributed by atoms with Crippen molar-refractivity contribution in [2.75, 3.05) is 32.8 Å². The molecule has 1 atom stereocenters. The summed E-state index contributed by atoms with van der Waals surface area (Å²) in [6.07, 6.45) is 6.23. The van der Waals surface area contributed by atoms with Crippen molar-refractivity contribution >= 4 is 0 Å². The van der Waals surface area contributed by atoms with Gasteiger partial charge in [0.2, 0.25) is 0 Å². The lowest BCUT2D eigenvalue weighted by molar-refractivity contribution is 0.0494. The predicted molar refractivity (Wildman–Crippen MR) is 113 cm³/mol. The van der Waals surface area contributed by atoms with Gasteiger partial charge in [-0.2, -0.15) is 0 Å². The van der Waals surface area contributed by atoms with Crippen molar-refractivity contribution < 1.29 is 9.84 Å². The number of benzene rings is 2. The van der Waals surface area contributed by atoms with E-state index in [0.29, 0.717) is 12.6 Å². The second-order valence-corrected chi connectivity index (χ2v) is 7.25. The number of aliphatic hydroxyl groups excluding tert-OH is 1. The van der Waals surface area contributed by atoms with Crippen LogP contribution in [0.4, 0.5) is 0 Å². The number of terminal acetylenes is 1. The zero-order chi connectivity index (χ0) is 19.8. The molecule has 1 aliphatic heterocycles. The highest BCUT2D eigenvalue weighted by Gasteiger charge is 2.27.